The average Bonchev–Trinajstić information content (AvgIpc) is 2.26. The second kappa shape index (κ2) is 6.67. The molecule has 0 heterocycles. The Kier molecular flexibility index (Phi) is 5.51. The normalized spacial score (nSPS) is 10.6. The predicted molar refractivity (Wildman–Crippen MR) is 75.6 cm³/mol. The zero-order chi connectivity index (χ0) is 12.8. The molecule has 0 fully saturated rings. The summed E-state index contributed by atoms with van der Waals surface area (Å²) >= 11 is 1.44. The van der Waals surface area contributed by atoms with Crippen molar-refractivity contribution in [2.45, 2.75) is 6.92 Å². The standard InChI is InChI=1S/C13H20N2OS/c1-10-7-11(13(14)17-4)9-12(8-10)16-6-5-15(2)3/h7-9,14H,5-6H2,1-4H3. The summed E-state index contributed by atoms with van der Waals surface area (Å²) in [5, 5.41) is 8.39. The van der Waals surface area contributed by atoms with Crippen molar-refractivity contribution in [1.29, 1.82) is 5.41 Å². The summed E-state index contributed by atoms with van der Waals surface area (Å²) in [5.74, 6) is 0.848. The van der Waals surface area contributed by atoms with Gasteiger partial charge in [0, 0.05) is 12.1 Å². The second-order valence-electron chi connectivity index (χ2n) is 4.22. The summed E-state index contributed by atoms with van der Waals surface area (Å²) in [6.07, 6.45) is 1.91. The Balaban J connectivity index is 2.72. The van der Waals surface area contributed by atoms with Crippen molar-refractivity contribution < 1.29 is 4.74 Å². The van der Waals surface area contributed by atoms with Crippen LogP contribution in [0, 0.1) is 12.3 Å². The van der Waals surface area contributed by atoms with Crippen LogP contribution < -0.4 is 4.74 Å². The third-order valence-corrected chi connectivity index (χ3v) is 2.97. The first-order valence-corrected chi connectivity index (χ1v) is 6.77. The quantitative estimate of drug-likeness (QED) is 0.646. The molecule has 1 N–H and O–H groups in total. The lowest BCUT2D eigenvalue weighted by atomic mass is 10.1. The highest BCUT2D eigenvalue weighted by atomic mass is 32.2. The molecular formula is C13H20N2OS. The lowest BCUT2D eigenvalue weighted by molar-refractivity contribution is 0.261. The van der Waals surface area contributed by atoms with Gasteiger partial charge in [0.2, 0.25) is 0 Å². The smallest absolute Gasteiger partial charge is 0.120 e. The molecule has 3 nitrogen and oxygen atoms in total. The molecule has 0 saturated carbocycles. The Morgan fingerprint density at radius 1 is 1.35 bits per heavy atom. The monoisotopic (exact) mass is 252 g/mol. The zero-order valence-electron chi connectivity index (χ0n) is 10.9. The molecule has 0 atom stereocenters. The van der Waals surface area contributed by atoms with Crippen LogP contribution in [0.3, 0.4) is 0 Å². The number of aryl methyl sites for hydroxylation is 1. The van der Waals surface area contributed by atoms with Crippen molar-refractivity contribution in [2.75, 3.05) is 33.5 Å². The minimum atomic E-state index is 0.575. The van der Waals surface area contributed by atoms with Gasteiger partial charge in [-0.1, -0.05) is 0 Å². The van der Waals surface area contributed by atoms with Crippen molar-refractivity contribution in [1.82, 2.24) is 4.90 Å². The van der Waals surface area contributed by atoms with Crippen LogP contribution in [0.25, 0.3) is 0 Å². The van der Waals surface area contributed by atoms with E-state index in [1.54, 1.807) is 0 Å². The number of nitrogens with zero attached hydrogens (tertiary/aromatic N) is 1. The van der Waals surface area contributed by atoms with Gasteiger partial charge in [-0.05, 0) is 51.0 Å². The third-order valence-electron chi connectivity index (χ3n) is 2.32. The van der Waals surface area contributed by atoms with Crippen LogP contribution in [0.2, 0.25) is 0 Å². The molecule has 0 bridgehead atoms. The fourth-order valence-electron chi connectivity index (χ4n) is 1.43. The number of hydrogen-bond donors (Lipinski definition) is 1. The molecule has 1 aromatic carbocycles. The Morgan fingerprint density at radius 2 is 2.06 bits per heavy atom. The van der Waals surface area contributed by atoms with Crippen LogP contribution >= 0.6 is 11.8 Å². The zero-order valence-corrected chi connectivity index (χ0v) is 11.7. The lowest BCUT2D eigenvalue weighted by Gasteiger charge is -2.12. The highest BCUT2D eigenvalue weighted by Crippen LogP contribution is 2.19. The minimum Gasteiger partial charge on any atom is -0.492 e. The van der Waals surface area contributed by atoms with Gasteiger partial charge in [0.25, 0.3) is 0 Å². The first kappa shape index (κ1) is 14.1. The molecule has 0 radical (unpaired) electrons. The van der Waals surface area contributed by atoms with Gasteiger partial charge in [-0.2, -0.15) is 0 Å². The number of nitrogens with one attached hydrogen (secondary N) is 1. The lowest BCUT2D eigenvalue weighted by Crippen LogP contribution is -2.19. The van der Waals surface area contributed by atoms with Gasteiger partial charge < -0.3 is 9.64 Å². The first-order chi connectivity index (χ1) is 8.02. The summed E-state index contributed by atoms with van der Waals surface area (Å²) in [6, 6.07) is 5.95. The maximum atomic E-state index is 7.82. The molecular weight excluding hydrogens is 232 g/mol. The van der Waals surface area contributed by atoms with Crippen molar-refractivity contribution in [3.05, 3.63) is 29.3 Å². The number of rotatable bonds is 5. The molecule has 0 amide bonds. The fourth-order valence-corrected chi connectivity index (χ4v) is 1.78. The molecule has 0 aliphatic carbocycles. The van der Waals surface area contributed by atoms with Crippen LogP contribution in [0.5, 0.6) is 5.75 Å². The predicted octanol–water partition coefficient (Wildman–Crippen LogP) is 2.62. The Hall–Kier alpha value is -1.00. The van der Waals surface area contributed by atoms with E-state index in [-0.39, 0.29) is 0 Å². The maximum Gasteiger partial charge on any atom is 0.120 e. The van der Waals surface area contributed by atoms with Crippen LogP contribution in [0.15, 0.2) is 18.2 Å². The second-order valence-corrected chi connectivity index (χ2v) is 5.04. The number of hydrogen-bond acceptors (Lipinski definition) is 4. The van der Waals surface area contributed by atoms with E-state index in [1.807, 2.05) is 45.5 Å². The van der Waals surface area contributed by atoms with Crippen molar-refractivity contribution >= 4 is 16.8 Å². The van der Waals surface area contributed by atoms with Gasteiger partial charge in [-0.15, -0.1) is 11.8 Å². The number of ether oxygens (including phenoxy) is 1. The molecule has 0 spiro atoms. The van der Waals surface area contributed by atoms with Crippen molar-refractivity contribution in [3.63, 3.8) is 0 Å². The number of likely N-dealkylation sites (N-methyl/N-ethyl adjacent to an activating group) is 1. The van der Waals surface area contributed by atoms with E-state index in [0.717, 1.165) is 23.4 Å². The van der Waals surface area contributed by atoms with Crippen LogP contribution in [0.4, 0.5) is 0 Å². The van der Waals surface area contributed by atoms with Crippen LogP contribution in [-0.4, -0.2) is 43.4 Å². The summed E-state index contributed by atoms with van der Waals surface area (Å²) in [7, 11) is 4.04. The topological polar surface area (TPSA) is 36.3 Å². The van der Waals surface area contributed by atoms with Crippen LogP contribution in [-0.2, 0) is 0 Å². The van der Waals surface area contributed by atoms with E-state index in [9.17, 15) is 0 Å². The maximum absolute atomic E-state index is 7.82. The Bertz CT molecular complexity index is 391. The summed E-state index contributed by atoms with van der Waals surface area (Å²) in [6.45, 7) is 3.58. The summed E-state index contributed by atoms with van der Waals surface area (Å²) < 4.78 is 5.69. The van der Waals surface area contributed by atoms with Crippen LogP contribution in [0.1, 0.15) is 11.1 Å². The fraction of sp³-hybridized carbons (Fsp3) is 0.462. The highest BCUT2D eigenvalue weighted by Gasteiger charge is 2.04. The number of benzene rings is 1. The summed E-state index contributed by atoms with van der Waals surface area (Å²) in [4.78, 5) is 2.08. The van der Waals surface area contributed by atoms with Gasteiger partial charge in [0.15, 0.2) is 0 Å². The molecule has 0 unspecified atom stereocenters. The Labute approximate surface area is 108 Å². The summed E-state index contributed by atoms with van der Waals surface area (Å²) in [5.41, 5.74) is 2.05. The van der Waals surface area contributed by atoms with Gasteiger partial charge in [-0.3, -0.25) is 5.41 Å². The first-order valence-electron chi connectivity index (χ1n) is 5.55. The van der Waals surface area contributed by atoms with Crippen molar-refractivity contribution in [2.24, 2.45) is 0 Å². The van der Waals surface area contributed by atoms with Gasteiger partial charge >= 0.3 is 0 Å². The molecule has 1 aromatic rings. The van der Waals surface area contributed by atoms with Crippen molar-refractivity contribution in [3.8, 4) is 5.75 Å². The average molecular weight is 252 g/mol. The molecule has 94 valence electrons. The minimum absolute atomic E-state index is 0.575. The molecule has 17 heavy (non-hydrogen) atoms. The van der Waals surface area contributed by atoms with Gasteiger partial charge in [-0.25, -0.2) is 0 Å². The SMILES string of the molecule is CSC(=N)c1cc(C)cc(OCCN(C)C)c1. The molecule has 0 aliphatic rings. The number of thioether (sulfide) groups is 1. The van der Waals surface area contributed by atoms with Gasteiger partial charge in [0.05, 0.1) is 5.04 Å². The van der Waals surface area contributed by atoms with Gasteiger partial charge in [0.1, 0.15) is 12.4 Å². The van der Waals surface area contributed by atoms with E-state index in [0.29, 0.717) is 11.7 Å². The highest BCUT2D eigenvalue weighted by molar-refractivity contribution is 8.13. The van der Waals surface area contributed by atoms with E-state index >= 15 is 0 Å². The molecule has 0 saturated heterocycles. The van der Waals surface area contributed by atoms with E-state index in [1.165, 1.54) is 11.8 Å². The largest absolute Gasteiger partial charge is 0.492 e. The van der Waals surface area contributed by atoms with E-state index in [2.05, 4.69) is 4.90 Å². The molecule has 1 rings (SSSR count). The molecule has 0 aliphatic heterocycles. The Morgan fingerprint density at radius 3 is 2.65 bits per heavy atom. The van der Waals surface area contributed by atoms with E-state index < -0.39 is 0 Å². The van der Waals surface area contributed by atoms with E-state index in [4.69, 9.17) is 10.1 Å². The third kappa shape index (κ3) is 4.79. The molecule has 4 heteroatoms. The molecule has 0 aromatic heterocycles.